The summed E-state index contributed by atoms with van der Waals surface area (Å²) in [5.74, 6) is 2.11. The Labute approximate surface area is 145 Å². The van der Waals surface area contributed by atoms with Gasteiger partial charge in [0.2, 0.25) is 6.79 Å². The van der Waals surface area contributed by atoms with E-state index in [1.54, 1.807) is 23.0 Å². The minimum atomic E-state index is -0.0643. The molecule has 0 saturated carbocycles. The Morgan fingerprint density at radius 3 is 3.00 bits per heavy atom. The van der Waals surface area contributed by atoms with E-state index in [1.165, 1.54) is 11.3 Å². The van der Waals surface area contributed by atoms with Crippen molar-refractivity contribution >= 4 is 23.1 Å². The minimum absolute atomic E-state index is 0.0643. The summed E-state index contributed by atoms with van der Waals surface area (Å²) >= 11 is 1.37. The van der Waals surface area contributed by atoms with Gasteiger partial charge in [-0.1, -0.05) is 11.3 Å². The predicted molar refractivity (Wildman–Crippen MR) is 91.5 cm³/mol. The summed E-state index contributed by atoms with van der Waals surface area (Å²) in [5, 5.41) is 0. The van der Waals surface area contributed by atoms with E-state index < -0.39 is 0 Å². The second kappa shape index (κ2) is 5.52. The molecule has 126 valence electrons. The molecule has 0 N–H and O–H groups in total. The molecule has 4 heterocycles. The molecule has 1 aromatic carbocycles. The lowest BCUT2D eigenvalue weighted by Crippen LogP contribution is -2.42. The van der Waals surface area contributed by atoms with E-state index in [4.69, 9.17) is 13.9 Å². The summed E-state index contributed by atoms with van der Waals surface area (Å²) in [6.45, 7) is 1.17. The van der Waals surface area contributed by atoms with Crippen LogP contribution in [0.15, 0.2) is 50.8 Å². The van der Waals surface area contributed by atoms with Crippen LogP contribution in [0.4, 0.5) is 5.69 Å². The molecule has 7 nitrogen and oxygen atoms in total. The first kappa shape index (κ1) is 14.4. The maximum atomic E-state index is 12.7. The van der Waals surface area contributed by atoms with Gasteiger partial charge in [-0.15, -0.1) is 0 Å². The molecule has 5 rings (SSSR count). The Hall–Kier alpha value is -3.00. The van der Waals surface area contributed by atoms with Gasteiger partial charge in [0.15, 0.2) is 16.3 Å². The van der Waals surface area contributed by atoms with Gasteiger partial charge in [-0.3, -0.25) is 9.36 Å². The first-order chi connectivity index (χ1) is 12.3. The van der Waals surface area contributed by atoms with Crippen molar-refractivity contribution in [1.82, 2.24) is 4.57 Å². The molecule has 0 aliphatic carbocycles. The van der Waals surface area contributed by atoms with Crippen LogP contribution >= 0.6 is 11.3 Å². The van der Waals surface area contributed by atoms with E-state index in [2.05, 4.69) is 4.99 Å². The Morgan fingerprint density at radius 2 is 2.12 bits per heavy atom. The fourth-order valence-corrected chi connectivity index (χ4v) is 3.80. The normalized spacial score (nSPS) is 16.0. The highest BCUT2D eigenvalue weighted by atomic mass is 32.1. The first-order valence-electron chi connectivity index (χ1n) is 7.72. The summed E-state index contributed by atoms with van der Waals surface area (Å²) in [4.78, 5) is 19.9. The zero-order chi connectivity index (χ0) is 16.8. The molecule has 0 atom stereocenters. The average Bonchev–Trinajstić information content (AvgIpc) is 3.36. The van der Waals surface area contributed by atoms with E-state index in [0.717, 1.165) is 16.2 Å². The van der Waals surface area contributed by atoms with Crippen LogP contribution in [-0.2, 0) is 6.67 Å². The van der Waals surface area contributed by atoms with Gasteiger partial charge >= 0.3 is 0 Å². The number of ether oxygens (including phenoxy) is 2. The summed E-state index contributed by atoms with van der Waals surface area (Å²) in [7, 11) is 0. The van der Waals surface area contributed by atoms with Crippen LogP contribution in [-0.4, -0.2) is 18.0 Å². The second-order valence-corrected chi connectivity index (χ2v) is 6.67. The van der Waals surface area contributed by atoms with Crippen molar-refractivity contribution < 1.29 is 13.9 Å². The number of hydrogen-bond acceptors (Lipinski definition) is 7. The van der Waals surface area contributed by atoms with Gasteiger partial charge in [0.05, 0.1) is 10.8 Å². The smallest absolute Gasteiger partial charge is 0.271 e. The molecule has 0 radical (unpaired) electrons. The van der Waals surface area contributed by atoms with Crippen molar-refractivity contribution in [2.24, 2.45) is 4.99 Å². The van der Waals surface area contributed by atoms with Crippen LogP contribution in [0.2, 0.25) is 0 Å². The highest BCUT2D eigenvalue weighted by Gasteiger charge is 2.19. The van der Waals surface area contributed by atoms with Crippen LogP contribution in [0.3, 0.4) is 0 Å². The van der Waals surface area contributed by atoms with Gasteiger partial charge in [0, 0.05) is 17.8 Å². The number of rotatable bonds is 2. The monoisotopic (exact) mass is 355 g/mol. The summed E-state index contributed by atoms with van der Waals surface area (Å²) < 4.78 is 18.3. The Kier molecular flexibility index (Phi) is 3.17. The van der Waals surface area contributed by atoms with E-state index in [9.17, 15) is 4.79 Å². The van der Waals surface area contributed by atoms with Gasteiger partial charge in [-0.05, 0) is 24.3 Å². The van der Waals surface area contributed by atoms with E-state index >= 15 is 0 Å². The van der Waals surface area contributed by atoms with Gasteiger partial charge in [0.25, 0.3) is 5.56 Å². The highest BCUT2D eigenvalue weighted by Crippen LogP contribution is 2.35. The molecule has 0 amide bonds. The molecule has 3 aromatic rings. The third kappa shape index (κ3) is 2.42. The molecule has 2 aromatic heterocycles. The molecule has 0 spiro atoms. The van der Waals surface area contributed by atoms with Crippen LogP contribution < -0.4 is 29.3 Å². The summed E-state index contributed by atoms with van der Waals surface area (Å²) in [5.41, 5.74) is 0.874. The molecule has 0 saturated heterocycles. The fraction of sp³-hybridized carbons (Fsp3) is 0.176. The van der Waals surface area contributed by atoms with Crippen LogP contribution in [0, 0.1) is 0 Å². The highest BCUT2D eigenvalue weighted by molar-refractivity contribution is 7.07. The predicted octanol–water partition coefficient (Wildman–Crippen LogP) is 1.12. The molecule has 0 fully saturated rings. The number of fused-ring (bicyclic) bond motifs is 2. The van der Waals surface area contributed by atoms with Crippen molar-refractivity contribution in [2.75, 3.05) is 18.4 Å². The molecule has 8 heteroatoms. The maximum absolute atomic E-state index is 12.7. The van der Waals surface area contributed by atoms with Crippen molar-refractivity contribution in [3.63, 3.8) is 0 Å². The lowest BCUT2D eigenvalue weighted by atomic mass is 10.2. The number of anilines is 1. The molecule has 2 aliphatic heterocycles. The molecule has 0 unspecified atom stereocenters. The molecular formula is C17H13N3O4S. The van der Waals surface area contributed by atoms with E-state index in [-0.39, 0.29) is 12.4 Å². The summed E-state index contributed by atoms with van der Waals surface area (Å²) in [6.07, 6.45) is 3.33. The number of benzene rings is 1. The standard InChI is InChI=1S/C17H13N3O4S/c21-16-15(7-12-2-1-5-22-12)25-17-18-8-19(9-20(16)17)11-3-4-13-14(6-11)24-10-23-13/h1-7H,8-10H2/b15-7-. The lowest BCUT2D eigenvalue weighted by Gasteiger charge is -2.25. The van der Waals surface area contributed by atoms with E-state index in [1.807, 2.05) is 29.2 Å². The number of aromatic nitrogens is 1. The average molecular weight is 355 g/mol. The Balaban J connectivity index is 1.51. The maximum Gasteiger partial charge on any atom is 0.271 e. The van der Waals surface area contributed by atoms with Crippen molar-refractivity contribution in [2.45, 2.75) is 6.67 Å². The zero-order valence-corrected chi connectivity index (χ0v) is 13.9. The van der Waals surface area contributed by atoms with Crippen LogP contribution in [0.25, 0.3) is 6.08 Å². The molecule has 0 bridgehead atoms. The lowest BCUT2D eigenvalue weighted by molar-refractivity contribution is 0.174. The van der Waals surface area contributed by atoms with E-state index in [0.29, 0.717) is 29.4 Å². The number of nitrogens with zero attached hydrogens (tertiary/aromatic N) is 3. The van der Waals surface area contributed by atoms with Gasteiger partial charge < -0.3 is 18.8 Å². The van der Waals surface area contributed by atoms with Crippen LogP contribution in [0.1, 0.15) is 5.76 Å². The summed E-state index contributed by atoms with van der Waals surface area (Å²) in [6, 6.07) is 9.35. The molecular weight excluding hydrogens is 342 g/mol. The Bertz CT molecular complexity index is 1110. The number of hydrogen-bond donors (Lipinski definition) is 0. The van der Waals surface area contributed by atoms with Gasteiger partial charge in [0.1, 0.15) is 19.1 Å². The quantitative estimate of drug-likeness (QED) is 0.689. The van der Waals surface area contributed by atoms with Crippen molar-refractivity contribution in [3.8, 4) is 11.5 Å². The van der Waals surface area contributed by atoms with Gasteiger partial charge in [-0.2, -0.15) is 0 Å². The third-order valence-corrected chi connectivity index (χ3v) is 5.16. The SMILES string of the molecule is O=c1/c(=C/c2ccco2)sc2n1CN(c1ccc3c(c1)OCO3)CN=2. The zero-order valence-electron chi connectivity index (χ0n) is 13.0. The van der Waals surface area contributed by atoms with Gasteiger partial charge in [-0.25, -0.2) is 4.99 Å². The number of thiazole rings is 1. The van der Waals surface area contributed by atoms with Crippen LogP contribution in [0.5, 0.6) is 11.5 Å². The van der Waals surface area contributed by atoms with Crippen molar-refractivity contribution in [3.05, 3.63) is 62.0 Å². The topological polar surface area (TPSA) is 69.2 Å². The minimum Gasteiger partial charge on any atom is -0.465 e. The van der Waals surface area contributed by atoms with Crippen molar-refractivity contribution in [1.29, 1.82) is 0 Å². The third-order valence-electron chi connectivity index (χ3n) is 4.11. The largest absolute Gasteiger partial charge is 0.465 e. The number of furan rings is 1. The Morgan fingerprint density at radius 1 is 1.20 bits per heavy atom. The fourth-order valence-electron chi connectivity index (χ4n) is 2.86. The first-order valence-corrected chi connectivity index (χ1v) is 8.53. The molecule has 2 aliphatic rings. The molecule has 25 heavy (non-hydrogen) atoms. The second-order valence-electron chi connectivity index (χ2n) is 5.66.